The van der Waals surface area contributed by atoms with E-state index in [1.807, 2.05) is 86.6 Å². The number of pyridine rings is 1. The Morgan fingerprint density at radius 1 is 0.929 bits per heavy atom. The van der Waals surface area contributed by atoms with Gasteiger partial charge in [0.2, 0.25) is 0 Å². The van der Waals surface area contributed by atoms with Crippen molar-refractivity contribution in [3.8, 4) is 11.3 Å². The molecule has 4 heteroatoms. The van der Waals surface area contributed by atoms with Gasteiger partial charge >= 0.3 is 0 Å². The normalized spacial score (nSPS) is 10.8. The zero-order chi connectivity index (χ0) is 19.7. The first kappa shape index (κ1) is 18.2. The number of hydrogen-bond acceptors (Lipinski definition) is 2. The van der Waals surface area contributed by atoms with Gasteiger partial charge < -0.3 is 5.32 Å². The van der Waals surface area contributed by atoms with Crippen LogP contribution in [0.3, 0.4) is 0 Å². The van der Waals surface area contributed by atoms with Gasteiger partial charge in [0.05, 0.1) is 16.8 Å². The molecule has 1 aromatic heterocycles. The Morgan fingerprint density at radius 2 is 1.68 bits per heavy atom. The van der Waals surface area contributed by atoms with Crippen LogP contribution in [0.2, 0.25) is 5.02 Å². The number of halogens is 1. The maximum absolute atomic E-state index is 13.2. The van der Waals surface area contributed by atoms with E-state index < -0.39 is 0 Å². The van der Waals surface area contributed by atoms with Crippen molar-refractivity contribution >= 4 is 34.1 Å². The van der Waals surface area contributed by atoms with Crippen LogP contribution in [0.4, 0.5) is 5.69 Å². The number of benzene rings is 3. The number of carbonyl (C=O) groups is 1. The molecule has 0 aliphatic rings. The van der Waals surface area contributed by atoms with Crippen molar-refractivity contribution in [1.82, 2.24) is 4.98 Å². The van der Waals surface area contributed by atoms with Crippen LogP contribution in [0.15, 0.2) is 72.8 Å². The van der Waals surface area contributed by atoms with Gasteiger partial charge in [0.15, 0.2) is 0 Å². The van der Waals surface area contributed by atoms with Crippen LogP contribution in [0, 0.1) is 13.8 Å². The fourth-order valence-electron chi connectivity index (χ4n) is 3.29. The van der Waals surface area contributed by atoms with Crippen molar-refractivity contribution < 1.29 is 4.79 Å². The highest BCUT2D eigenvalue weighted by Crippen LogP contribution is 2.28. The summed E-state index contributed by atoms with van der Waals surface area (Å²) in [4.78, 5) is 18.0. The van der Waals surface area contributed by atoms with Crippen LogP contribution >= 0.6 is 11.6 Å². The van der Waals surface area contributed by atoms with E-state index in [-0.39, 0.29) is 5.91 Å². The van der Waals surface area contributed by atoms with Crippen LogP contribution < -0.4 is 5.32 Å². The Morgan fingerprint density at radius 3 is 2.50 bits per heavy atom. The molecule has 0 spiro atoms. The highest BCUT2D eigenvalue weighted by atomic mass is 35.5. The molecule has 0 saturated carbocycles. The van der Waals surface area contributed by atoms with Crippen LogP contribution in [-0.4, -0.2) is 10.9 Å². The number of carbonyl (C=O) groups excluding carboxylic acids is 1. The van der Waals surface area contributed by atoms with Crippen LogP contribution in [-0.2, 0) is 0 Å². The van der Waals surface area contributed by atoms with E-state index >= 15 is 0 Å². The Hall–Kier alpha value is -3.17. The van der Waals surface area contributed by atoms with Gasteiger partial charge in [-0.3, -0.25) is 4.79 Å². The fourth-order valence-corrected chi connectivity index (χ4v) is 3.47. The maximum Gasteiger partial charge on any atom is 0.256 e. The largest absolute Gasteiger partial charge is 0.322 e. The minimum atomic E-state index is -0.182. The van der Waals surface area contributed by atoms with Crippen molar-refractivity contribution in [3.63, 3.8) is 0 Å². The maximum atomic E-state index is 13.2. The summed E-state index contributed by atoms with van der Waals surface area (Å²) in [7, 11) is 0. The smallest absolute Gasteiger partial charge is 0.256 e. The average molecular weight is 387 g/mol. The average Bonchev–Trinajstić information content (AvgIpc) is 2.71. The van der Waals surface area contributed by atoms with Gasteiger partial charge in [0, 0.05) is 21.7 Å². The van der Waals surface area contributed by atoms with Crippen LogP contribution in [0.5, 0.6) is 0 Å². The number of rotatable bonds is 3. The summed E-state index contributed by atoms with van der Waals surface area (Å²) in [6.07, 6.45) is 0. The molecule has 0 aliphatic carbocycles. The molecule has 0 saturated heterocycles. The molecule has 1 heterocycles. The van der Waals surface area contributed by atoms with Gasteiger partial charge in [-0.15, -0.1) is 0 Å². The highest BCUT2D eigenvalue weighted by molar-refractivity contribution is 6.31. The molecule has 0 atom stereocenters. The van der Waals surface area contributed by atoms with Crippen LogP contribution in [0.1, 0.15) is 21.5 Å². The predicted octanol–water partition coefficient (Wildman–Crippen LogP) is 6.42. The summed E-state index contributed by atoms with van der Waals surface area (Å²) < 4.78 is 0. The molecule has 4 rings (SSSR count). The second-order valence-corrected chi connectivity index (χ2v) is 7.16. The van der Waals surface area contributed by atoms with Gasteiger partial charge in [-0.25, -0.2) is 4.98 Å². The summed E-state index contributed by atoms with van der Waals surface area (Å²) in [6.45, 7) is 3.93. The molecule has 28 heavy (non-hydrogen) atoms. The summed E-state index contributed by atoms with van der Waals surface area (Å²) in [5.41, 5.74) is 5.83. The third-order valence-corrected chi connectivity index (χ3v) is 5.31. The first-order chi connectivity index (χ1) is 13.5. The number of para-hydroxylation sites is 1. The molecular weight excluding hydrogens is 368 g/mol. The number of hydrogen-bond donors (Lipinski definition) is 1. The molecule has 0 aliphatic heterocycles. The number of aromatic nitrogens is 1. The standard InChI is InChI=1S/C24H19ClN2O/c1-15-8-3-4-9-17(15)23-14-19(18-10-5-6-12-22(18)26-23)24(28)27-21-13-7-11-20(25)16(21)2/h3-14H,1-2H3,(H,27,28). The Balaban J connectivity index is 1.84. The molecule has 3 nitrogen and oxygen atoms in total. The Bertz CT molecular complexity index is 1200. The van der Waals surface area contributed by atoms with E-state index in [0.717, 1.165) is 33.3 Å². The quantitative estimate of drug-likeness (QED) is 0.441. The summed E-state index contributed by atoms with van der Waals surface area (Å²) in [5.74, 6) is -0.182. The lowest BCUT2D eigenvalue weighted by Gasteiger charge is -2.13. The molecular formula is C24H19ClN2O. The minimum Gasteiger partial charge on any atom is -0.322 e. The van der Waals surface area contributed by atoms with E-state index in [4.69, 9.17) is 16.6 Å². The van der Waals surface area contributed by atoms with Crippen molar-refractivity contribution in [2.24, 2.45) is 0 Å². The second-order valence-electron chi connectivity index (χ2n) is 6.75. The summed E-state index contributed by atoms with van der Waals surface area (Å²) >= 11 is 6.20. The molecule has 138 valence electrons. The number of anilines is 1. The first-order valence-electron chi connectivity index (χ1n) is 9.07. The molecule has 0 fully saturated rings. The SMILES string of the molecule is Cc1ccccc1-c1cc(C(=O)Nc2cccc(Cl)c2C)c2ccccc2n1. The topological polar surface area (TPSA) is 42.0 Å². The van der Waals surface area contributed by atoms with Gasteiger partial charge in [0.1, 0.15) is 0 Å². The Labute approximate surface area is 169 Å². The van der Waals surface area contributed by atoms with Gasteiger partial charge in [-0.05, 0) is 49.2 Å². The van der Waals surface area contributed by atoms with Gasteiger partial charge in [0.25, 0.3) is 5.91 Å². The number of nitrogens with zero attached hydrogens (tertiary/aromatic N) is 1. The number of fused-ring (bicyclic) bond motifs is 1. The zero-order valence-electron chi connectivity index (χ0n) is 15.7. The monoisotopic (exact) mass is 386 g/mol. The molecule has 1 amide bonds. The lowest BCUT2D eigenvalue weighted by atomic mass is 10.0. The third kappa shape index (κ3) is 3.37. The Kier molecular flexibility index (Phi) is 4.84. The molecule has 1 N–H and O–H groups in total. The number of aryl methyl sites for hydroxylation is 1. The van der Waals surface area contributed by atoms with Crippen molar-refractivity contribution in [1.29, 1.82) is 0 Å². The zero-order valence-corrected chi connectivity index (χ0v) is 16.4. The molecule has 4 aromatic rings. The fraction of sp³-hybridized carbons (Fsp3) is 0.0833. The third-order valence-electron chi connectivity index (χ3n) is 4.90. The van der Waals surface area contributed by atoms with Crippen molar-refractivity contribution in [2.45, 2.75) is 13.8 Å². The van der Waals surface area contributed by atoms with E-state index in [2.05, 4.69) is 5.32 Å². The molecule has 0 radical (unpaired) electrons. The molecule has 0 bridgehead atoms. The summed E-state index contributed by atoms with van der Waals surface area (Å²) in [6, 6.07) is 23.1. The minimum absolute atomic E-state index is 0.182. The van der Waals surface area contributed by atoms with E-state index in [9.17, 15) is 4.79 Å². The lowest BCUT2D eigenvalue weighted by Crippen LogP contribution is -2.14. The van der Waals surface area contributed by atoms with E-state index in [0.29, 0.717) is 16.3 Å². The second kappa shape index (κ2) is 7.45. The van der Waals surface area contributed by atoms with E-state index in [1.54, 1.807) is 0 Å². The number of nitrogens with one attached hydrogen (secondary N) is 1. The van der Waals surface area contributed by atoms with Gasteiger partial charge in [-0.1, -0.05) is 60.1 Å². The molecule has 3 aromatic carbocycles. The number of amides is 1. The summed E-state index contributed by atoms with van der Waals surface area (Å²) in [5, 5.41) is 4.44. The van der Waals surface area contributed by atoms with Crippen molar-refractivity contribution in [2.75, 3.05) is 5.32 Å². The van der Waals surface area contributed by atoms with E-state index in [1.165, 1.54) is 0 Å². The van der Waals surface area contributed by atoms with Crippen molar-refractivity contribution in [3.05, 3.63) is 94.5 Å². The lowest BCUT2D eigenvalue weighted by molar-refractivity contribution is 0.102. The first-order valence-corrected chi connectivity index (χ1v) is 9.44. The highest BCUT2D eigenvalue weighted by Gasteiger charge is 2.16. The molecule has 0 unspecified atom stereocenters. The predicted molar refractivity (Wildman–Crippen MR) is 116 cm³/mol. The van der Waals surface area contributed by atoms with Crippen LogP contribution in [0.25, 0.3) is 22.2 Å². The van der Waals surface area contributed by atoms with Gasteiger partial charge in [-0.2, -0.15) is 0 Å².